The van der Waals surface area contributed by atoms with Gasteiger partial charge in [0.15, 0.2) is 0 Å². The molecule has 0 N–H and O–H groups in total. The molecule has 0 aliphatic carbocycles. The van der Waals surface area contributed by atoms with E-state index in [1.807, 2.05) is 0 Å². The number of hydrogen-bond acceptors (Lipinski definition) is 2. The zero-order chi connectivity index (χ0) is 18.1. The third-order valence-corrected chi connectivity index (χ3v) is 6.26. The Bertz CT molecular complexity index is 610. The van der Waals surface area contributed by atoms with Gasteiger partial charge in [0.05, 0.1) is 0 Å². The van der Waals surface area contributed by atoms with E-state index >= 15 is 0 Å². The first-order valence-corrected chi connectivity index (χ1v) is 11.9. The number of hydrogen-bond donors (Lipinski definition) is 0. The van der Waals surface area contributed by atoms with Gasteiger partial charge in [0, 0.05) is 0 Å². The van der Waals surface area contributed by atoms with Crippen LogP contribution in [0.1, 0.15) is 62.8 Å². The van der Waals surface area contributed by atoms with Crippen LogP contribution in [0.3, 0.4) is 0 Å². The first-order valence-electron chi connectivity index (χ1n) is 9.55. The molecule has 0 bridgehead atoms. The summed E-state index contributed by atoms with van der Waals surface area (Å²) in [6.07, 6.45) is 6.53. The fourth-order valence-electron chi connectivity index (χ4n) is 3.25. The van der Waals surface area contributed by atoms with Gasteiger partial charge in [0.1, 0.15) is 0 Å². The van der Waals surface area contributed by atoms with Gasteiger partial charge >= 0.3 is 164 Å². The Morgan fingerprint density at radius 2 is 1.12 bits per heavy atom. The minimum atomic E-state index is -1.42. The molecule has 0 saturated heterocycles. The second-order valence-corrected chi connectivity index (χ2v) is 7.92. The van der Waals surface area contributed by atoms with Gasteiger partial charge in [-0.2, -0.15) is 0 Å². The Hall–Kier alpha value is -1.16. The van der Waals surface area contributed by atoms with Crippen molar-refractivity contribution in [2.45, 2.75) is 66.2 Å². The molecule has 2 aromatic carbocycles. The summed E-state index contributed by atoms with van der Waals surface area (Å²) in [6, 6.07) is 12.8. The Balaban J connectivity index is 2.11. The van der Waals surface area contributed by atoms with Gasteiger partial charge in [-0.1, -0.05) is 0 Å². The fraction of sp³-hybridized carbons (Fsp3) is 0.455. The van der Waals surface area contributed by atoms with Crippen molar-refractivity contribution in [1.82, 2.24) is 0 Å². The fourth-order valence-corrected chi connectivity index (χ4v) is 4.98. The van der Waals surface area contributed by atoms with Crippen LogP contribution in [0.25, 0.3) is 0 Å². The zero-order valence-electron chi connectivity index (χ0n) is 16.0. The maximum atomic E-state index is 6.19. The first-order chi connectivity index (χ1) is 12.2. The van der Waals surface area contributed by atoms with E-state index < -0.39 is 22.0 Å². The molecular weight excluding hydrogens is 415 g/mol. The Labute approximate surface area is 164 Å². The molecule has 0 fully saturated rings. The number of rotatable bonds is 10. The minimum absolute atomic E-state index is 1.04. The molecular formula is C22H30O2Sn. The molecule has 0 aromatic heterocycles. The average molecular weight is 445 g/mol. The van der Waals surface area contributed by atoms with E-state index in [-0.39, 0.29) is 0 Å². The molecule has 0 aliphatic heterocycles. The van der Waals surface area contributed by atoms with Crippen LogP contribution in [0.15, 0.2) is 36.4 Å². The van der Waals surface area contributed by atoms with Crippen molar-refractivity contribution in [3.05, 3.63) is 58.7 Å². The van der Waals surface area contributed by atoms with Crippen molar-refractivity contribution in [2.24, 2.45) is 0 Å². The molecule has 2 radical (unpaired) electrons. The number of benzene rings is 2. The van der Waals surface area contributed by atoms with Gasteiger partial charge < -0.3 is 0 Å². The van der Waals surface area contributed by atoms with Crippen LogP contribution in [-0.4, -0.2) is 22.0 Å². The van der Waals surface area contributed by atoms with E-state index in [0.29, 0.717) is 0 Å². The third kappa shape index (κ3) is 5.40. The Morgan fingerprint density at radius 1 is 0.680 bits per heavy atom. The summed E-state index contributed by atoms with van der Waals surface area (Å²) < 4.78 is 12.4. The van der Waals surface area contributed by atoms with E-state index in [0.717, 1.165) is 50.0 Å². The van der Waals surface area contributed by atoms with E-state index in [9.17, 15) is 0 Å². The van der Waals surface area contributed by atoms with E-state index in [2.05, 4.69) is 64.1 Å². The van der Waals surface area contributed by atoms with Crippen molar-refractivity contribution in [2.75, 3.05) is 0 Å². The zero-order valence-corrected chi connectivity index (χ0v) is 18.9. The topological polar surface area (TPSA) is 18.5 Å². The molecule has 134 valence electrons. The molecule has 2 rings (SSSR count). The van der Waals surface area contributed by atoms with E-state index in [1.165, 1.54) is 22.3 Å². The van der Waals surface area contributed by atoms with Crippen LogP contribution in [-0.2, 0) is 25.7 Å². The normalized spacial score (nSPS) is 10.7. The molecule has 0 unspecified atom stereocenters. The number of aryl methyl sites for hydroxylation is 2. The maximum absolute atomic E-state index is 6.19. The van der Waals surface area contributed by atoms with Crippen LogP contribution in [0.2, 0.25) is 0 Å². The van der Waals surface area contributed by atoms with Gasteiger partial charge in [-0.15, -0.1) is 0 Å². The third-order valence-electron chi connectivity index (χ3n) is 4.53. The van der Waals surface area contributed by atoms with Crippen molar-refractivity contribution in [1.29, 1.82) is 0 Å². The van der Waals surface area contributed by atoms with Gasteiger partial charge in [0.25, 0.3) is 0 Å². The summed E-state index contributed by atoms with van der Waals surface area (Å²) in [5, 5.41) is 0. The summed E-state index contributed by atoms with van der Waals surface area (Å²) in [4.78, 5) is 0. The second-order valence-electron chi connectivity index (χ2n) is 6.28. The van der Waals surface area contributed by atoms with E-state index in [4.69, 9.17) is 6.15 Å². The molecule has 0 atom stereocenters. The van der Waals surface area contributed by atoms with Crippen molar-refractivity contribution in [3.8, 4) is 11.5 Å². The predicted octanol–water partition coefficient (Wildman–Crippen LogP) is 5.71. The van der Waals surface area contributed by atoms with Gasteiger partial charge in [-0.3, -0.25) is 0 Å². The van der Waals surface area contributed by atoms with E-state index in [1.54, 1.807) is 0 Å². The van der Waals surface area contributed by atoms with Crippen molar-refractivity contribution in [3.63, 3.8) is 0 Å². The van der Waals surface area contributed by atoms with Gasteiger partial charge in [-0.05, 0) is 0 Å². The molecule has 3 heteroatoms. The second kappa shape index (κ2) is 10.7. The summed E-state index contributed by atoms with van der Waals surface area (Å²) in [6.45, 7) is 8.87. The molecule has 0 saturated carbocycles. The standard InChI is InChI=1S/2C11H16O.Sn/c2*1-3-6-10-9(4-2)7-5-8-11(10)12;/h2*5,7-8,12H,3-4,6H2,1-2H3;/q;;+2/p-2. The summed E-state index contributed by atoms with van der Waals surface area (Å²) in [7, 11) is 0. The van der Waals surface area contributed by atoms with Crippen LogP contribution in [0.5, 0.6) is 11.5 Å². The van der Waals surface area contributed by atoms with Gasteiger partial charge in [-0.25, -0.2) is 0 Å². The van der Waals surface area contributed by atoms with Crippen LogP contribution in [0, 0.1) is 0 Å². The predicted molar refractivity (Wildman–Crippen MR) is 107 cm³/mol. The van der Waals surface area contributed by atoms with Crippen molar-refractivity contribution < 1.29 is 6.15 Å². The molecule has 0 amide bonds. The first kappa shape index (κ1) is 20.2. The summed E-state index contributed by atoms with van der Waals surface area (Å²) >= 11 is -1.42. The van der Waals surface area contributed by atoms with Crippen LogP contribution >= 0.6 is 0 Å². The quantitative estimate of drug-likeness (QED) is 0.437. The summed E-state index contributed by atoms with van der Waals surface area (Å²) in [5.41, 5.74) is 5.54. The Kier molecular flexibility index (Phi) is 8.66. The van der Waals surface area contributed by atoms with Crippen molar-refractivity contribution >= 4 is 22.0 Å². The molecule has 0 heterocycles. The molecule has 0 aliphatic rings. The van der Waals surface area contributed by atoms with Crippen LogP contribution < -0.4 is 6.15 Å². The molecule has 2 nitrogen and oxygen atoms in total. The summed E-state index contributed by atoms with van der Waals surface area (Å²) in [5.74, 6) is 2.08. The van der Waals surface area contributed by atoms with Gasteiger partial charge in [0.2, 0.25) is 0 Å². The SMILES string of the molecule is CCCc1c(CC)cccc1[O][Sn][O]c1cccc(CC)c1CCC. The molecule has 2 aromatic rings. The van der Waals surface area contributed by atoms with Crippen LogP contribution in [0.4, 0.5) is 0 Å². The Morgan fingerprint density at radius 3 is 1.48 bits per heavy atom. The molecule has 25 heavy (non-hydrogen) atoms. The average Bonchev–Trinajstić information content (AvgIpc) is 2.64. The molecule has 0 spiro atoms. The monoisotopic (exact) mass is 446 g/mol.